The van der Waals surface area contributed by atoms with E-state index in [1.165, 1.54) is 6.07 Å². The quantitative estimate of drug-likeness (QED) is 0.897. The average Bonchev–Trinajstić information content (AvgIpc) is 2.93. The molecule has 2 atom stereocenters. The van der Waals surface area contributed by atoms with Crippen LogP contribution in [0.5, 0.6) is 0 Å². The standard InChI is InChI=1S/C16H20FN3/c1-16(2)15-8-19-7-13(15)10-20(16)9-12-3-11(6-18)4-14(17)5-12/h3-5,13,15,19H,7-10H2,1-2H3. The van der Waals surface area contributed by atoms with Gasteiger partial charge in [-0.15, -0.1) is 0 Å². The first-order chi connectivity index (χ1) is 9.50. The van der Waals surface area contributed by atoms with Crippen molar-refractivity contribution in [3.05, 3.63) is 35.1 Å². The largest absolute Gasteiger partial charge is 0.316 e. The molecule has 106 valence electrons. The third kappa shape index (κ3) is 2.21. The fourth-order valence-corrected chi connectivity index (χ4v) is 3.80. The van der Waals surface area contributed by atoms with Crippen molar-refractivity contribution in [2.24, 2.45) is 11.8 Å². The summed E-state index contributed by atoms with van der Waals surface area (Å²) >= 11 is 0. The number of hydrogen-bond donors (Lipinski definition) is 1. The monoisotopic (exact) mass is 273 g/mol. The van der Waals surface area contributed by atoms with Crippen LogP contribution < -0.4 is 5.32 Å². The van der Waals surface area contributed by atoms with Crippen molar-refractivity contribution in [3.8, 4) is 6.07 Å². The molecule has 4 heteroatoms. The molecule has 20 heavy (non-hydrogen) atoms. The van der Waals surface area contributed by atoms with Gasteiger partial charge < -0.3 is 5.32 Å². The Bertz CT molecular complexity index is 561. The van der Waals surface area contributed by atoms with Crippen molar-refractivity contribution in [1.82, 2.24) is 10.2 Å². The van der Waals surface area contributed by atoms with Crippen molar-refractivity contribution in [2.45, 2.75) is 25.9 Å². The summed E-state index contributed by atoms with van der Waals surface area (Å²) in [4.78, 5) is 2.43. The third-order valence-corrected chi connectivity index (χ3v) is 4.98. The van der Waals surface area contributed by atoms with Crippen LogP contribution in [-0.4, -0.2) is 30.1 Å². The highest BCUT2D eigenvalue weighted by molar-refractivity contribution is 5.33. The number of fused-ring (bicyclic) bond motifs is 1. The summed E-state index contributed by atoms with van der Waals surface area (Å²) in [6.07, 6.45) is 0. The van der Waals surface area contributed by atoms with E-state index in [4.69, 9.17) is 5.26 Å². The molecule has 2 aliphatic rings. The fraction of sp³-hybridized carbons (Fsp3) is 0.562. The summed E-state index contributed by atoms with van der Waals surface area (Å²) in [5.74, 6) is 1.03. The molecule has 3 rings (SSSR count). The average molecular weight is 273 g/mol. The predicted molar refractivity (Wildman–Crippen MR) is 75.5 cm³/mol. The van der Waals surface area contributed by atoms with Gasteiger partial charge in [-0.05, 0) is 56.0 Å². The van der Waals surface area contributed by atoms with Crippen LogP contribution in [0.15, 0.2) is 18.2 Å². The molecule has 2 unspecified atom stereocenters. The van der Waals surface area contributed by atoms with E-state index in [0.717, 1.165) is 25.2 Å². The molecule has 1 aromatic rings. The molecule has 2 fully saturated rings. The zero-order valence-corrected chi connectivity index (χ0v) is 12.0. The number of nitriles is 1. The van der Waals surface area contributed by atoms with Gasteiger partial charge in [-0.1, -0.05) is 0 Å². The van der Waals surface area contributed by atoms with Crippen LogP contribution in [-0.2, 0) is 6.54 Å². The second-order valence-corrected chi connectivity index (χ2v) is 6.52. The maximum absolute atomic E-state index is 13.5. The zero-order chi connectivity index (χ0) is 14.3. The van der Waals surface area contributed by atoms with E-state index in [-0.39, 0.29) is 11.4 Å². The molecule has 2 heterocycles. The molecule has 0 saturated carbocycles. The van der Waals surface area contributed by atoms with E-state index in [0.29, 0.717) is 23.9 Å². The smallest absolute Gasteiger partial charge is 0.124 e. The Morgan fingerprint density at radius 3 is 2.90 bits per heavy atom. The second-order valence-electron chi connectivity index (χ2n) is 6.52. The number of hydrogen-bond acceptors (Lipinski definition) is 3. The van der Waals surface area contributed by atoms with E-state index < -0.39 is 0 Å². The summed E-state index contributed by atoms with van der Waals surface area (Å²) in [6.45, 7) is 8.46. The third-order valence-electron chi connectivity index (χ3n) is 4.98. The molecule has 0 radical (unpaired) electrons. The number of rotatable bonds is 2. The van der Waals surface area contributed by atoms with E-state index in [1.54, 1.807) is 12.1 Å². The van der Waals surface area contributed by atoms with Gasteiger partial charge in [0.05, 0.1) is 11.6 Å². The minimum Gasteiger partial charge on any atom is -0.316 e. The highest BCUT2D eigenvalue weighted by Gasteiger charge is 2.49. The van der Waals surface area contributed by atoms with Gasteiger partial charge in [-0.2, -0.15) is 5.26 Å². The lowest BCUT2D eigenvalue weighted by atomic mass is 9.85. The van der Waals surface area contributed by atoms with Crippen LogP contribution in [0, 0.1) is 29.0 Å². The highest BCUT2D eigenvalue weighted by Crippen LogP contribution is 2.41. The van der Waals surface area contributed by atoms with Crippen LogP contribution in [0.4, 0.5) is 4.39 Å². The number of likely N-dealkylation sites (tertiary alicyclic amines) is 1. The molecular formula is C16H20FN3. The highest BCUT2D eigenvalue weighted by atomic mass is 19.1. The van der Waals surface area contributed by atoms with Crippen molar-refractivity contribution in [1.29, 1.82) is 5.26 Å². The topological polar surface area (TPSA) is 39.1 Å². The summed E-state index contributed by atoms with van der Waals surface area (Å²) in [7, 11) is 0. The first-order valence-electron chi connectivity index (χ1n) is 7.16. The maximum Gasteiger partial charge on any atom is 0.124 e. The minimum absolute atomic E-state index is 0.118. The number of halogens is 1. The van der Waals surface area contributed by atoms with E-state index in [1.807, 2.05) is 6.07 Å². The Morgan fingerprint density at radius 2 is 2.20 bits per heavy atom. The first kappa shape index (κ1) is 13.5. The molecule has 0 aliphatic carbocycles. The molecule has 2 saturated heterocycles. The van der Waals surface area contributed by atoms with Crippen LogP contribution in [0.2, 0.25) is 0 Å². The Balaban J connectivity index is 1.82. The molecule has 3 nitrogen and oxygen atoms in total. The summed E-state index contributed by atoms with van der Waals surface area (Å²) in [5, 5.41) is 12.4. The number of benzene rings is 1. The van der Waals surface area contributed by atoms with Crippen molar-refractivity contribution in [2.75, 3.05) is 19.6 Å². The molecule has 2 aliphatic heterocycles. The first-order valence-corrected chi connectivity index (χ1v) is 7.16. The zero-order valence-electron chi connectivity index (χ0n) is 12.0. The van der Waals surface area contributed by atoms with E-state index in [2.05, 4.69) is 24.1 Å². The minimum atomic E-state index is -0.321. The van der Waals surface area contributed by atoms with Gasteiger partial charge in [-0.25, -0.2) is 4.39 Å². The van der Waals surface area contributed by atoms with Crippen LogP contribution in [0.3, 0.4) is 0 Å². The molecule has 0 aromatic heterocycles. The second kappa shape index (κ2) is 4.83. The number of nitrogens with zero attached hydrogens (tertiary/aromatic N) is 2. The summed E-state index contributed by atoms with van der Waals surface area (Å²) in [6, 6.07) is 6.66. The molecule has 0 amide bonds. The van der Waals surface area contributed by atoms with Crippen molar-refractivity contribution >= 4 is 0 Å². The van der Waals surface area contributed by atoms with Gasteiger partial charge in [0, 0.05) is 25.2 Å². The Kier molecular flexibility index (Phi) is 3.27. The Labute approximate surface area is 119 Å². The lowest BCUT2D eigenvalue weighted by molar-refractivity contribution is 0.132. The van der Waals surface area contributed by atoms with Gasteiger partial charge in [0.2, 0.25) is 0 Å². The Hall–Kier alpha value is -1.44. The van der Waals surface area contributed by atoms with Gasteiger partial charge >= 0.3 is 0 Å². The van der Waals surface area contributed by atoms with Gasteiger partial charge in [0.1, 0.15) is 5.82 Å². The molecule has 1 N–H and O–H groups in total. The Morgan fingerprint density at radius 1 is 1.40 bits per heavy atom. The predicted octanol–water partition coefficient (Wildman–Crippen LogP) is 2.13. The molecule has 1 aromatic carbocycles. The molecule has 0 bridgehead atoms. The van der Waals surface area contributed by atoms with Crippen LogP contribution >= 0.6 is 0 Å². The maximum atomic E-state index is 13.5. The van der Waals surface area contributed by atoms with Gasteiger partial charge in [-0.3, -0.25) is 4.90 Å². The molecular weight excluding hydrogens is 253 g/mol. The fourth-order valence-electron chi connectivity index (χ4n) is 3.80. The van der Waals surface area contributed by atoms with E-state index in [9.17, 15) is 4.39 Å². The SMILES string of the molecule is CC1(C)C2CNCC2CN1Cc1cc(F)cc(C#N)c1. The van der Waals surface area contributed by atoms with Crippen molar-refractivity contribution in [3.63, 3.8) is 0 Å². The van der Waals surface area contributed by atoms with Crippen molar-refractivity contribution < 1.29 is 4.39 Å². The summed E-state index contributed by atoms with van der Waals surface area (Å²) < 4.78 is 13.5. The number of nitrogens with one attached hydrogen (secondary N) is 1. The van der Waals surface area contributed by atoms with Gasteiger partial charge in [0.15, 0.2) is 0 Å². The summed E-state index contributed by atoms with van der Waals surface area (Å²) in [5.41, 5.74) is 1.41. The van der Waals surface area contributed by atoms with Crippen LogP contribution in [0.1, 0.15) is 25.0 Å². The lowest BCUT2D eigenvalue weighted by Crippen LogP contribution is -2.43. The molecule has 0 spiro atoms. The lowest BCUT2D eigenvalue weighted by Gasteiger charge is -2.35. The van der Waals surface area contributed by atoms with Gasteiger partial charge in [0.25, 0.3) is 0 Å². The van der Waals surface area contributed by atoms with Crippen LogP contribution in [0.25, 0.3) is 0 Å². The van der Waals surface area contributed by atoms with E-state index >= 15 is 0 Å². The normalized spacial score (nSPS) is 28.3.